The predicted molar refractivity (Wildman–Crippen MR) is 311 cm³/mol. The van der Waals surface area contributed by atoms with Crippen LogP contribution < -0.4 is 0 Å². The van der Waals surface area contributed by atoms with Crippen LogP contribution in [0.1, 0.15) is 154 Å². The molecule has 3 saturated carbocycles. The molecule has 27 atom stereocenters. The second-order valence-corrected chi connectivity index (χ2v) is 28.5. The van der Waals surface area contributed by atoms with E-state index in [1.54, 1.807) is 69.4 Å². The standard InChI is InChI=1S/C64H104F2N2O18/c1-18-47-62(13,77)52(72)38(7)68(16)32-33(2)29-60(11,76)54(36(5)50(37(6)55(74)83-47)85-49-31-61(12,79-17)53(73)39(8)82-49)86-56-51(45(67(14)15)26-35(4)81-56)84-48(71)21-19-20-24-80-57(75)64(78)34(3)25-41-42-28-44(65)43-27-40(69)22-23-58(43,9)63(42,66)46(70)30-59(41,64)10/h22-23,27,33-39,41-42,44-47,49-54,56,70,72-73,76-78H,18-21,24-26,28-32H2,1-17H3/t33-,34-,35?,36+,37-,38-,39?,41?,42?,44+,45-,46+,47-,49?,50+,51-,52-,53-,54-,56?,58+,59+,60-,61+,62-,63+,64+/m1/s1. The van der Waals surface area contributed by atoms with Crippen LogP contribution in [0.2, 0.25) is 0 Å². The number of carbonyl (C=O) groups excluding carboxylic acids is 4. The number of methoxy groups -OCH3 is 1. The van der Waals surface area contributed by atoms with Gasteiger partial charge in [-0.3, -0.25) is 14.4 Å². The SMILES string of the molecule is CC[C@H]1OC(=O)[C@H](C)[C@@H](OC2C[C@](C)(OC)[C@H](O)C(C)O2)[C@H](C)[C@@H](OC2OC(C)C[C@@H](N(C)C)[C@H]2OC(=O)CCCCOC(=O)[C@@]2(O)[C@H](C)CC3C4C[C@H](F)C5=CC(=O)C=C[C@]5(C)[C@@]4(F)[C@@H](O)C[C@@]32C)[C@](C)(O)C[C@@H](C)CN(C)[C@H](C)[C@@H](O)[C@]1(C)O. The van der Waals surface area contributed by atoms with E-state index in [4.69, 9.17) is 37.9 Å². The zero-order valence-electron chi connectivity index (χ0n) is 54.0. The van der Waals surface area contributed by atoms with Crippen molar-refractivity contribution in [1.82, 2.24) is 9.80 Å². The molecule has 6 fully saturated rings. The lowest BCUT2D eigenvalue weighted by Crippen LogP contribution is -2.70. The molecule has 0 radical (unpaired) electrons. The zero-order chi connectivity index (χ0) is 64.4. The van der Waals surface area contributed by atoms with E-state index in [2.05, 4.69) is 0 Å². The average Bonchev–Trinajstić information content (AvgIpc) is 1.30. The molecule has 86 heavy (non-hydrogen) atoms. The highest BCUT2D eigenvalue weighted by Crippen LogP contribution is 2.71. The first kappa shape index (κ1) is 70.4. The quantitative estimate of drug-likeness (QED) is 0.0716. The number of hydrogen-bond donors (Lipinski definition) is 6. The molecule has 6 unspecified atom stereocenters. The largest absolute Gasteiger partial charge is 0.464 e. The third-order valence-electron chi connectivity index (χ3n) is 22.0. The number of ketones is 1. The van der Waals surface area contributed by atoms with Gasteiger partial charge >= 0.3 is 17.9 Å². The molecule has 6 N–H and O–H groups in total. The van der Waals surface area contributed by atoms with Gasteiger partial charge in [0.05, 0.1) is 60.3 Å². The van der Waals surface area contributed by atoms with Crippen molar-refractivity contribution >= 4 is 23.7 Å². The number of allylic oxidation sites excluding steroid dienone is 4. The molecular weight excluding hydrogens is 1120 g/mol. The molecule has 20 nitrogen and oxygen atoms in total. The van der Waals surface area contributed by atoms with Gasteiger partial charge in [0.25, 0.3) is 0 Å². The van der Waals surface area contributed by atoms with Crippen LogP contribution in [0, 0.1) is 46.3 Å². The number of fused-ring (bicyclic) bond motifs is 5. The maximum Gasteiger partial charge on any atom is 0.338 e. The van der Waals surface area contributed by atoms with Crippen LogP contribution in [0.5, 0.6) is 0 Å². The molecule has 3 aliphatic heterocycles. The van der Waals surface area contributed by atoms with Crippen molar-refractivity contribution in [2.45, 2.75) is 268 Å². The van der Waals surface area contributed by atoms with Crippen molar-refractivity contribution in [3.05, 3.63) is 23.8 Å². The molecule has 3 heterocycles. The summed E-state index contributed by atoms with van der Waals surface area (Å²) in [6, 6.07) is -1.11. The van der Waals surface area contributed by atoms with Gasteiger partial charge in [0.1, 0.15) is 30.1 Å². The molecule has 0 aromatic carbocycles. The topological polar surface area (TPSA) is 270 Å². The van der Waals surface area contributed by atoms with Gasteiger partial charge in [0.15, 0.2) is 35.7 Å². The molecular formula is C64H104F2N2O18. The van der Waals surface area contributed by atoms with Gasteiger partial charge < -0.3 is 78.3 Å². The van der Waals surface area contributed by atoms with Crippen molar-refractivity contribution in [2.24, 2.45) is 46.3 Å². The first-order chi connectivity index (χ1) is 39.8. The second-order valence-electron chi connectivity index (χ2n) is 28.5. The Labute approximate surface area is 507 Å². The van der Waals surface area contributed by atoms with E-state index < -0.39 is 178 Å². The van der Waals surface area contributed by atoms with Crippen molar-refractivity contribution < 1.29 is 96.5 Å². The number of nitrogens with zero attached hydrogens (tertiary/aromatic N) is 2. The van der Waals surface area contributed by atoms with Gasteiger partial charge in [-0.1, -0.05) is 40.7 Å². The van der Waals surface area contributed by atoms with E-state index in [-0.39, 0.29) is 75.9 Å². The number of esters is 3. The molecule has 0 aromatic heterocycles. The monoisotopic (exact) mass is 1230 g/mol. The Morgan fingerprint density at radius 2 is 1.52 bits per heavy atom. The number of cyclic esters (lactones) is 1. The Balaban J connectivity index is 1.10. The van der Waals surface area contributed by atoms with Gasteiger partial charge in [0.2, 0.25) is 0 Å². The van der Waals surface area contributed by atoms with Crippen LogP contribution in [0.25, 0.3) is 0 Å². The van der Waals surface area contributed by atoms with E-state index in [0.717, 1.165) is 6.08 Å². The molecule has 0 amide bonds. The fraction of sp³-hybridized carbons (Fsp3) is 0.875. The summed E-state index contributed by atoms with van der Waals surface area (Å²) in [4.78, 5) is 59.1. The van der Waals surface area contributed by atoms with Crippen molar-refractivity contribution in [3.8, 4) is 0 Å². The molecule has 4 aliphatic carbocycles. The number of ether oxygens (including phenoxy) is 8. The number of carbonyl (C=O) groups is 4. The summed E-state index contributed by atoms with van der Waals surface area (Å²) in [6.07, 6.45) is -10.0. The Morgan fingerprint density at radius 1 is 0.860 bits per heavy atom. The minimum atomic E-state index is -2.39. The highest BCUT2D eigenvalue weighted by molar-refractivity contribution is 6.01. The summed E-state index contributed by atoms with van der Waals surface area (Å²) >= 11 is 0. The summed E-state index contributed by atoms with van der Waals surface area (Å²) in [6.45, 7) is 22.1. The molecule has 0 aromatic rings. The van der Waals surface area contributed by atoms with Gasteiger partial charge in [-0.05, 0) is 163 Å². The van der Waals surface area contributed by atoms with Gasteiger partial charge in [-0.25, -0.2) is 13.6 Å². The van der Waals surface area contributed by atoms with Crippen LogP contribution in [-0.2, 0) is 57.1 Å². The fourth-order valence-corrected chi connectivity index (χ4v) is 16.7. The maximum atomic E-state index is 17.8. The second kappa shape index (κ2) is 26.2. The summed E-state index contributed by atoms with van der Waals surface area (Å²) in [5.41, 5.74) is -12.4. The third kappa shape index (κ3) is 12.8. The zero-order valence-corrected chi connectivity index (χ0v) is 54.0. The molecule has 22 heteroatoms. The Hall–Kier alpha value is -3.10. The van der Waals surface area contributed by atoms with Crippen LogP contribution in [0.3, 0.4) is 0 Å². The number of aliphatic hydroxyl groups excluding tert-OH is 3. The molecule has 3 saturated heterocycles. The van der Waals surface area contributed by atoms with Crippen molar-refractivity contribution in [3.63, 3.8) is 0 Å². The van der Waals surface area contributed by atoms with E-state index in [1.165, 1.54) is 33.1 Å². The van der Waals surface area contributed by atoms with E-state index in [9.17, 15) is 49.8 Å². The average molecular weight is 1230 g/mol. The van der Waals surface area contributed by atoms with Gasteiger partial charge in [0, 0.05) is 55.2 Å². The minimum Gasteiger partial charge on any atom is -0.464 e. The van der Waals surface area contributed by atoms with Crippen molar-refractivity contribution in [2.75, 3.05) is 41.4 Å². The van der Waals surface area contributed by atoms with E-state index in [1.807, 2.05) is 37.7 Å². The van der Waals surface area contributed by atoms with Crippen LogP contribution in [0.15, 0.2) is 23.8 Å². The lowest BCUT2D eigenvalue weighted by atomic mass is 9.44. The number of halogens is 2. The molecule has 7 aliphatic rings. The number of likely N-dealkylation sites (N-methyl/N-ethyl adjacent to an activating group) is 2. The summed E-state index contributed by atoms with van der Waals surface area (Å²) in [5, 5.41) is 72.2. The van der Waals surface area contributed by atoms with E-state index >= 15 is 8.78 Å². The summed E-state index contributed by atoms with van der Waals surface area (Å²) < 4.78 is 84.7. The maximum absolute atomic E-state index is 17.8. The van der Waals surface area contributed by atoms with Crippen LogP contribution >= 0.6 is 0 Å². The third-order valence-corrected chi connectivity index (χ3v) is 22.0. The van der Waals surface area contributed by atoms with Gasteiger partial charge in [-0.2, -0.15) is 0 Å². The van der Waals surface area contributed by atoms with Crippen molar-refractivity contribution in [1.29, 1.82) is 0 Å². The Morgan fingerprint density at radius 3 is 2.15 bits per heavy atom. The normalized spacial score (nSPS) is 48.9. The lowest BCUT2D eigenvalue weighted by molar-refractivity contribution is -0.319. The predicted octanol–water partition coefficient (Wildman–Crippen LogP) is 5.46. The smallest absolute Gasteiger partial charge is 0.338 e. The molecule has 7 rings (SSSR count). The first-order valence-corrected chi connectivity index (χ1v) is 31.4. The van der Waals surface area contributed by atoms with E-state index in [0.29, 0.717) is 13.0 Å². The Bertz CT molecular complexity index is 2480. The number of alkyl halides is 2. The highest BCUT2D eigenvalue weighted by atomic mass is 19.1. The van der Waals surface area contributed by atoms with Gasteiger partial charge in [-0.15, -0.1) is 0 Å². The van der Waals surface area contributed by atoms with Crippen LogP contribution in [-0.4, -0.2) is 219 Å². The number of rotatable bonds is 14. The fourth-order valence-electron chi connectivity index (χ4n) is 16.7. The summed E-state index contributed by atoms with van der Waals surface area (Å²) in [5.74, 6) is -7.76. The molecule has 0 spiro atoms. The number of aliphatic hydroxyl groups is 6. The van der Waals surface area contributed by atoms with Crippen LogP contribution in [0.4, 0.5) is 8.78 Å². The highest BCUT2D eigenvalue weighted by Gasteiger charge is 2.77. The minimum absolute atomic E-state index is 0.0230. The lowest BCUT2D eigenvalue weighted by Gasteiger charge is -2.62. The first-order valence-electron chi connectivity index (χ1n) is 31.4. The molecule has 0 bridgehead atoms. The Kier molecular flexibility index (Phi) is 21.5. The summed E-state index contributed by atoms with van der Waals surface area (Å²) in [7, 11) is 6.95. The number of hydrogen-bond acceptors (Lipinski definition) is 20. The number of unbranched alkanes of at least 4 members (excludes halogenated alkanes) is 1. The molecule has 492 valence electrons.